The molecular formula is C16H24ClNO4. The highest BCUT2D eigenvalue weighted by Crippen LogP contribution is 2.12. The van der Waals surface area contributed by atoms with Gasteiger partial charge in [0.05, 0.1) is 19.4 Å². The van der Waals surface area contributed by atoms with Crippen molar-refractivity contribution in [1.29, 1.82) is 0 Å². The largest absolute Gasteiger partial charge is 0.494 e. The Kier molecular flexibility index (Phi) is 11.9. The monoisotopic (exact) mass is 329 g/mol. The number of halogens is 1. The smallest absolute Gasteiger partial charge is 0.305 e. The molecule has 5 nitrogen and oxygen atoms in total. The van der Waals surface area contributed by atoms with Crippen molar-refractivity contribution in [3.8, 4) is 5.75 Å². The van der Waals surface area contributed by atoms with Gasteiger partial charge in [-0.1, -0.05) is 5.16 Å². The van der Waals surface area contributed by atoms with Crippen molar-refractivity contribution in [3.63, 3.8) is 0 Å². The molecule has 0 radical (unpaired) electrons. The highest BCUT2D eigenvalue weighted by molar-refractivity contribution is 5.85. The number of esters is 1. The van der Waals surface area contributed by atoms with Crippen LogP contribution < -0.4 is 4.74 Å². The lowest BCUT2D eigenvalue weighted by Gasteiger charge is -2.06. The highest BCUT2D eigenvalue weighted by atomic mass is 35.5. The summed E-state index contributed by atoms with van der Waals surface area (Å²) < 4.78 is 10.5. The molecule has 0 spiro atoms. The van der Waals surface area contributed by atoms with Crippen LogP contribution in [0.5, 0.6) is 5.75 Å². The minimum atomic E-state index is -0.143. The molecule has 1 aromatic carbocycles. The van der Waals surface area contributed by atoms with Gasteiger partial charge in [0.1, 0.15) is 12.4 Å². The number of hydrogen-bond donors (Lipinski definition) is 0. The maximum Gasteiger partial charge on any atom is 0.305 e. The Morgan fingerprint density at radius 3 is 2.50 bits per heavy atom. The first kappa shape index (κ1) is 20.2. The topological polar surface area (TPSA) is 57.1 Å². The van der Waals surface area contributed by atoms with Crippen LogP contribution in [0.4, 0.5) is 0 Å². The molecule has 6 heteroatoms. The van der Waals surface area contributed by atoms with Crippen molar-refractivity contribution in [2.45, 2.75) is 33.1 Å². The average Bonchev–Trinajstić information content (AvgIpc) is 2.49. The molecule has 0 saturated carbocycles. The van der Waals surface area contributed by atoms with E-state index >= 15 is 0 Å². The third-order valence-electron chi connectivity index (χ3n) is 2.63. The van der Waals surface area contributed by atoms with Gasteiger partial charge >= 0.3 is 5.97 Å². The summed E-state index contributed by atoms with van der Waals surface area (Å²) in [6.07, 6.45) is 3.71. The van der Waals surface area contributed by atoms with Gasteiger partial charge in [-0.2, -0.15) is 0 Å². The first-order valence-electron chi connectivity index (χ1n) is 7.30. The third kappa shape index (κ3) is 9.23. The molecule has 22 heavy (non-hydrogen) atoms. The normalized spacial score (nSPS) is 10.1. The predicted octanol–water partition coefficient (Wildman–Crippen LogP) is 3.59. The molecule has 0 fully saturated rings. The van der Waals surface area contributed by atoms with Crippen LogP contribution in [-0.2, 0) is 14.4 Å². The van der Waals surface area contributed by atoms with Crippen molar-refractivity contribution in [1.82, 2.24) is 0 Å². The summed E-state index contributed by atoms with van der Waals surface area (Å²) in [5, 5.41) is 3.80. The predicted molar refractivity (Wildman–Crippen MR) is 88.9 cm³/mol. The Morgan fingerprint density at radius 1 is 1.14 bits per heavy atom. The summed E-state index contributed by atoms with van der Waals surface area (Å²) in [6.45, 7) is 5.28. The molecular weight excluding hydrogens is 306 g/mol. The first-order valence-corrected chi connectivity index (χ1v) is 7.30. The van der Waals surface area contributed by atoms with Gasteiger partial charge in [-0.25, -0.2) is 0 Å². The van der Waals surface area contributed by atoms with E-state index in [0.717, 1.165) is 24.2 Å². The lowest BCUT2D eigenvalue weighted by atomic mass is 10.2. The molecule has 0 atom stereocenters. The van der Waals surface area contributed by atoms with Gasteiger partial charge in [-0.05, 0) is 56.5 Å². The number of oxime groups is 1. The number of ether oxygens (including phenoxy) is 2. The Balaban J connectivity index is 0.00000441. The van der Waals surface area contributed by atoms with Crippen LogP contribution in [0.3, 0.4) is 0 Å². The van der Waals surface area contributed by atoms with Crippen LogP contribution in [-0.4, -0.2) is 32.0 Å². The van der Waals surface area contributed by atoms with E-state index in [2.05, 4.69) is 5.16 Å². The van der Waals surface area contributed by atoms with Crippen molar-refractivity contribution in [3.05, 3.63) is 29.8 Å². The Morgan fingerprint density at radius 2 is 1.86 bits per heavy atom. The van der Waals surface area contributed by atoms with E-state index in [1.807, 2.05) is 38.1 Å². The number of carbonyl (C=O) groups is 1. The number of rotatable bonds is 10. The van der Waals surface area contributed by atoms with Crippen molar-refractivity contribution < 1.29 is 19.1 Å². The SMILES string of the molecule is CCON=Cc1ccc(OCCCCC(=O)OCC)cc1.Cl. The molecule has 0 aliphatic heterocycles. The summed E-state index contributed by atoms with van der Waals surface area (Å²) in [5.41, 5.74) is 0.957. The van der Waals surface area contributed by atoms with Gasteiger partial charge in [0.2, 0.25) is 0 Å². The fraction of sp³-hybridized carbons (Fsp3) is 0.500. The van der Waals surface area contributed by atoms with E-state index in [1.54, 1.807) is 6.21 Å². The standard InChI is InChI=1S/C16H23NO4.ClH/c1-3-19-16(18)7-5-6-12-20-15-10-8-14(9-11-15)13-17-21-4-2;/h8-11,13H,3-7,12H2,1-2H3;1H. The van der Waals surface area contributed by atoms with Crippen molar-refractivity contribution in [2.24, 2.45) is 5.16 Å². The minimum absolute atomic E-state index is 0. The van der Waals surface area contributed by atoms with Gasteiger partial charge in [-0.15, -0.1) is 12.4 Å². The second-order valence-corrected chi connectivity index (χ2v) is 4.33. The summed E-state index contributed by atoms with van der Waals surface area (Å²) in [5.74, 6) is 0.662. The number of benzene rings is 1. The molecule has 1 rings (SSSR count). The van der Waals surface area contributed by atoms with Crippen LogP contribution in [0.15, 0.2) is 29.4 Å². The Labute approximate surface area is 138 Å². The maximum absolute atomic E-state index is 11.1. The van der Waals surface area contributed by atoms with E-state index in [-0.39, 0.29) is 18.4 Å². The van der Waals surface area contributed by atoms with Gasteiger partial charge < -0.3 is 14.3 Å². The first-order chi connectivity index (χ1) is 10.3. The lowest BCUT2D eigenvalue weighted by Crippen LogP contribution is -2.05. The maximum atomic E-state index is 11.1. The Hall–Kier alpha value is -1.75. The molecule has 0 unspecified atom stereocenters. The number of hydrogen-bond acceptors (Lipinski definition) is 5. The molecule has 1 aromatic rings. The van der Waals surface area contributed by atoms with E-state index in [9.17, 15) is 4.79 Å². The molecule has 0 heterocycles. The molecule has 0 saturated heterocycles. The molecule has 0 aliphatic carbocycles. The number of unbranched alkanes of at least 4 members (excludes halogenated alkanes) is 1. The average molecular weight is 330 g/mol. The highest BCUT2D eigenvalue weighted by Gasteiger charge is 2.01. The van der Waals surface area contributed by atoms with Crippen LogP contribution in [0.25, 0.3) is 0 Å². The zero-order valence-electron chi connectivity index (χ0n) is 13.1. The minimum Gasteiger partial charge on any atom is -0.494 e. The summed E-state index contributed by atoms with van der Waals surface area (Å²) in [7, 11) is 0. The zero-order chi connectivity index (χ0) is 15.3. The molecule has 124 valence electrons. The van der Waals surface area contributed by atoms with Crippen LogP contribution >= 0.6 is 12.4 Å². The van der Waals surface area contributed by atoms with Gasteiger partial charge in [0.15, 0.2) is 0 Å². The summed E-state index contributed by atoms with van der Waals surface area (Å²) in [4.78, 5) is 16.0. The molecule has 0 N–H and O–H groups in total. The molecule has 0 aromatic heterocycles. The fourth-order valence-corrected chi connectivity index (χ4v) is 1.62. The summed E-state index contributed by atoms with van der Waals surface area (Å²) >= 11 is 0. The second kappa shape index (κ2) is 13.0. The third-order valence-corrected chi connectivity index (χ3v) is 2.63. The molecule has 0 amide bonds. The number of carbonyl (C=O) groups excluding carboxylic acids is 1. The van der Waals surface area contributed by atoms with Crippen molar-refractivity contribution >= 4 is 24.6 Å². The van der Waals surface area contributed by atoms with E-state index in [1.165, 1.54) is 0 Å². The van der Waals surface area contributed by atoms with E-state index < -0.39 is 0 Å². The molecule has 0 bridgehead atoms. The van der Waals surface area contributed by atoms with Crippen LogP contribution in [0, 0.1) is 0 Å². The molecule has 0 aliphatic rings. The van der Waals surface area contributed by atoms with Crippen LogP contribution in [0.1, 0.15) is 38.7 Å². The van der Waals surface area contributed by atoms with Gasteiger partial charge in [0.25, 0.3) is 0 Å². The van der Waals surface area contributed by atoms with Crippen molar-refractivity contribution in [2.75, 3.05) is 19.8 Å². The van der Waals surface area contributed by atoms with Gasteiger partial charge in [0, 0.05) is 6.42 Å². The van der Waals surface area contributed by atoms with E-state index in [0.29, 0.717) is 26.2 Å². The Bertz CT molecular complexity index is 434. The fourth-order valence-electron chi connectivity index (χ4n) is 1.62. The van der Waals surface area contributed by atoms with Crippen LogP contribution in [0.2, 0.25) is 0 Å². The zero-order valence-corrected chi connectivity index (χ0v) is 13.9. The van der Waals surface area contributed by atoms with E-state index in [4.69, 9.17) is 14.3 Å². The summed E-state index contributed by atoms with van der Waals surface area (Å²) in [6, 6.07) is 7.60. The lowest BCUT2D eigenvalue weighted by molar-refractivity contribution is -0.143. The van der Waals surface area contributed by atoms with Gasteiger partial charge in [-0.3, -0.25) is 4.79 Å². The quantitative estimate of drug-likeness (QED) is 0.285. The second-order valence-electron chi connectivity index (χ2n) is 4.33. The number of nitrogens with zero attached hydrogens (tertiary/aromatic N) is 1.